The Kier molecular flexibility index (Phi) is 4.61. The molecule has 6 nitrogen and oxygen atoms in total. The smallest absolute Gasteiger partial charge is 0.319 e. The number of aryl methyl sites for hydroxylation is 1. The molecule has 0 aliphatic carbocycles. The minimum Gasteiger partial charge on any atom is -0.456 e. The van der Waals surface area contributed by atoms with E-state index in [1.165, 1.54) is 18.3 Å². The van der Waals surface area contributed by atoms with E-state index in [1.54, 1.807) is 12.1 Å². The summed E-state index contributed by atoms with van der Waals surface area (Å²) in [7, 11) is 0. The van der Waals surface area contributed by atoms with Crippen molar-refractivity contribution in [1.29, 1.82) is 0 Å². The van der Waals surface area contributed by atoms with Crippen molar-refractivity contribution in [2.75, 3.05) is 5.32 Å². The molecule has 2 N–H and O–H groups in total. The molecule has 0 aliphatic rings. The Bertz CT molecular complexity index is 837. The lowest BCUT2D eigenvalue weighted by Crippen LogP contribution is -2.07. The van der Waals surface area contributed by atoms with Crippen molar-refractivity contribution in [3.63, 3.8) is 0 Å². The minimum atomic E-state index is -0.341. The van der Waals surface area contributed by atoms with Gasteiger partial charge in [0.15, 0.2) is 11.6 Å². The number of ether oxygens (including phenoxy) is 1. The maximum absolute atomic E-state index is 13.0. The van der Waals surface area contributed by atoms with E-state index < -0.39 is 0 Å². The lowest BCUT2D eigenvalue weighted by Gasteiger charge is -2.14. The normalized spacial score (nSPS) is 12.0. The molecule has 24 heavy (non-hydrogen) atoms. The van der Waals surface area contributed by atoms with Gasteiger partial charge in [0.1, 0.15) is 16.9 Å². The molecule has 0 radical (unpaired) electrons. The summed E-state index contributed by atoms with van der Waals surface area (Å²) in [4.78, 5) is 8.32. The molecule has 1 aromatic carbocycles. The third-order valence-electron chi connectivity index (χ3n) is 3.30. The predicted octanol–water partition coefficient (Wildman–Crippen LogP) is 4.18. The highest BCUT2D eigenvalue weighted by Gasteiger charge is 2.12. The fraction of sp³-hybridized carbons (Fsp3) is 0.188. The summed E-state index contributed by atoms with van der Waals surface area (Å²) in [6.07, 6.45) is 1.11. The first kappa shape index (κ1) is 16.2. The third kappa shape index (κ3) is 3.80. The highest BCUT2D eigenvalue weighted by atomic mass is 35.5. The molecule has 0 saturated heterocycles. The van der Waals surface area contributed by atoms with Crippen molar-refractivity contribution < 1.29 is 9.13 Å². The van der Waals surface area contributed by atoms with E-state index in [0.717, 1.165) is 11.3 Å². The van der Waals surface area contributed by atoms with E-state index in [1.807, 2.05) is 19.9 Å². The number of aromatic amines is 1. The van der Waals surface area contributed by atoms with Crippen molar-refractivity contribution in [3.05, 3.63) is 58.6 Å². The monoisotopic (exact) mass is 347 g/mol. The van der Waals surface area contributed by atoms with E-state index in [-0.39, 0.29) is 17.9 Å². The van der Waals surface area contributed by atoms with Gasteiger partial charge < -0.3 is 10.1 Å². The number of aromatic nitrogens is 4. The van der Waals surface area contributed by atoms with Crippen LogP contribution in [0.5, 0.6) is 6.01 Å². The van der Waals surface area contributed by atoms with Crippen molar-refractivity contribution in [1.82, 2.24) is 20.2 Å². The number of hydrogen-bond donors (Lipinski definition) is 2. The second kappa shape index (κ2) is 6.84. The highest BCUT2D eigenvalue weighted by molar-refractivity contribution is 6.32. The molecule has 8 heteroatoms. The summed E-state index contributed by atoms with van der Waals surface area (Å²) < 4.78 is 18.7. The van der Waals surface area contributed by atoms with Crippen molar-refractivity contribution >= 4 is 23.2 Å². The average Bonchev–Trinajstić information content (AvgIpc) is 2.96. The van der Waals surface area contributed by atoms with E-state index in [4.69, 9.17) is 16.3 Å². The van der Waals surface area contributed by atoms with E-state index in [9.17, 15) is 4.39 Å². The Morgan fingerprint density at radius 2 is 2.04 bits per heavy atom. The number of rotatable bonds is 5. The molecule has 0 saturated carbocycles. The van der Waals surface area contributed by atoms with Crippen LogP contribution in [0.1, 0.15) is 24.3 Å². The summed E-state index contributed by atoms with van der Waals surface area (Å²) in [6.45, 7) is 3.72. The van der Waals surface area contributed by atoms with Crippen molar-refractivity contribution in [2.24, 2.45) is 0 Å². The number of hydrogen-bond acceptors (Lipinski definition) is 5. The van der Waals surface area contributed by atoms with Gasteiger partial charge in [0, 0.05) is 11.8 Å². The van der Waals surface area contributed by atoms with Gasteiger partial charge in [-0.25, -0.2) is 9.37 Å². The van der Waals surface area contributed by atoms with Crippen LogP contribution in [0.25, 0.3) is 0 Å². The molecule has 124 valence electrons. The Labute approximate surface area is 143 Å². The number of halogens is 2. The van der Waals surface area contributed by atoms with Crippen LogP contribution in [-0.2, 0) is 0 Å². The Balaban J connectivity index is 1.76. The van der Waals surface area contributed by atoms with Crippen LogP contribution in [0.2, 0.25) is 5.02 Å². The van der Waals surface area contributed by atoms with Crippen molar-refractivity contribution in [3.8, 4) is 6.01 Å². The summed E-state index contributed by atoms with van der Waals surface area (Å²) >= 11 is 6.10. The van der Waals surface area contributed by atoms with Gasteiger partial charge in [-0.05, 0) is 31.5 Å². The lowest BCUT2D eigenvalue weighted by molar-refractivity contribution is 0.207. The fourth-order valence-electron chi connectivity index (χ4n) is 2.06. The van der Waals surface area contributed by atoms with E-state index in [0.29, 0.717) is 16.7 Å². The number of nitrogens with one attached hydrogen (secondary N) is 2. The number of benzene rings is 1. The zero-order chi connectivity index (χ0) is 17.1. The zero-order valence-corrected chi connectivity index (χ0v) is 13.8. The van der Waals surface area contributed by atoms with Gasteiger partial charge >= 0.3 is 6.01 Å². The SMILES string of the molecule is Cc1cc(Nc2nc(O[C@@H](C)c3ccc(F)cc3)ncc2Cl)n[nH]1. The molecule has 2 heterocycles. The van der Waals surface area contributed by atoms with E-state index >= 15 is 0 Å². The molecular weight excluding hydrogens is 333 g/mol. The van der Waals surface area contributed by atoms with Gasteiger partial charge in [-0.2, -0.15) is 10.1 Å². The third-order valence-corrected chi connectivity index (χ3v) is 3.57. The molecule has 0 spiro atoms. The largest absolute Gasteiger partial charge is 0.456 e. The zero-order valence-electron chi connectivity index (χ0n) is 13.0. The summed E-state index contributed by atoms with van der Waals surface area (Å²) in [5.41, 5.74) is 1.72. The molecule has 0 amide bonds. The predicted molar refractivity (Wildman–Crippen MR) is 89.1 cm³/mol. The molecule has 0 fully saturated rings. The average molecular weight is 348 g/mol. The molecule has 3 rings (SSSR count). The number of nitrogens with zero attached hydrogens (tertiary/aromatic N) is 3. The fourth-order valence-corrected chi connectivity index (χ4v) is 2.20. The van der Waals surface area contributed by atoms with Gasteiger partial charge in [0.05, 0.1) is 6.20 Å². The maximum atomic E-state index is 13.0. The van der Waals surface area contributed by atoms with Gasteiger partial charge in [-0.3, -0.25) is 5.10 Å². The summed E-state index contributed by atoms with van der Waals surface area (Å²) in [5.74, 6) is 0.680. The lowest BCUT2D eigenvalue weighted by atomic mass is 10.1. The molecule has 0 aliphatic heterocycles. The first-order valence-corrected chi connectivity index (χ1v) is 7.63. The Morgan fingerprint density at radius 3 is 2.71 bits per heavy atom. The molecule has 3 aromatic rings. The standard InChI is InChI=1S/C16H15ClFN5O/c1-9-7-14(23-22-9)20-15-13(17)8-19-16(21-15)24-10(2)11-3-5-12(18)6-4-11/h3-8,10H,1-2H3,(H2,19,20,21,22,23)/t10-/m0/s1. The molecule has 1 atom stereocenters. The molecular formula is C16H15ClFN5O. The number of H-pyrrole nitrogens is 1. The first-order valence-electron chi connectivity index (χ1n) is 7.25. The van der Waals surface area contributed by atoms with Gasteiger partial charge in [-0.15, -0.1) is 0 Å². The van der Waals surface area contributed by atoms with E-state index in [2.05, 4.69) is 25.5 Å². The van der Waals surface area contributed by atoms with Crippen LogP contribution in [0, 0.1) is 12.7 Å². The second-order valence-electron chi connectivity index (χ2n) is 5.22. The molecule has 2 aromatic heterocycles. The topological polar surface area (TPSA) is 75.7 Å². The first-order chi connectivity index (χ1) is 11.5. The van der Waals surface area contributed by atoms with Crippen LogP contribution < -0.4 is 10.1 Å². The van der Waals surface area contributed by atoms with Crippen LogP contribution in [0.3, 0.4) is 0 Å². The Morgan fingerprint density at radius 1 is 1.29 bits per heavy atom. The maximum Gasteiger partial charge on any atom is 0.319 e. The minimum absolute atomic E-state index is 0.158. The highest BCUT2D eigenvalue weighted by Crippen LogP contribution is 2.26. The Hall–Kier alpha value is -2.67. The second-order valence-corrected chi connectivity index (χ2v) is 5.63. The van der Waals surface area contributed by atoms with Crippen LogP contribution in [0.15, 0.2) is 36.5 Å². The quantitative estimate of drug-likeness (QED) is 0.724. The molecule has 0 bridgehead atoms. The van der Waals surface area contributed by atoms with Crippen LogP contribution in [-0.4, -0.2) is 20.2 Å². The summed E-state index contributed by atoms with van der Waals surface area (Å²) in [6, 6.07) is 8.05. The van der Waals surface area contributed by atoms with Crippen LogP contribution >= 0.6 is 11.6 Å². The number of anilines is 2. The summed E-state index contributed by atoms with van der Waals surface area (Å²) in [5, 5.41) is 10.2. The van der Waals surface area contributed by atoms with Gasteiger partial charge in [0.25, 0.3) is 0 Å². The molecule has 0 unspecified atom stereocenters. The van der Waals surface area contributed by atoms with Gasteiger partial charge in [0.2, 0.25) is 0 Å². The van der Waals surface area contributed by atoms with Gasteiger partial charge in [-0.1, -0.05) is 23.7 Å². The van der Waals surface area contributed by atoms with Crippen molar-refractivity contribution in [2.45, 2.75) is 20.0 Å². The van der Waals surface area contributed by atoms with Crippen LogP contribution in [0.4, 0.5) is 16.0 Å².